The number of phosphoric acid groups is 1. The summed E-state index contributed by atoms with van der Waals surface area (Å²) < 4.78 is 16.3. The molecule has 0 radical (unpaired) electrons. The smallest absolute Gasteiger partial charge is 0.403 e. The quantitative estimate of drug-likeness (QED) is 0.639. The van der Waals surface area contributed by atoms with Gasteiger partial charge >= 0.3 is 7.82 Å². The molecule has 0 heterocycles. The van der Waals surface area contributed by atoms with Crippen LogP contribution in [0.15, 0.2) is 78.9 Å². The van der Waals surface area contributed by atoms with Gasteiger partial charge in [-0.15, -0.1) is 0 Å². The van der Waals surface area contributed by atoms with E-state index in [1.807, 2.05) is 73.7 Å². The van der Waals surface area contributed by atoms with E-state index < -0.39 is 13.2 Å². The van der Waals surface area contributed by atoms with Gasteiger partial charge in [-0.05, 0) is 29.7 Å². The van der Waals surface area contributed by atoms with Crippen molar-refractivity contribution in [2.75, 3.05) is 0 Å². The lowest BCUT2D eigenvalue weighted by atomic mass is 9.69. The highest BCUT2D eigenvalue weighted by molar-refractivity contribution is 7.46. The number of carbonyl (C=O) groups is 1. The second kappa shape index (κ2) is 6.71. The van der Waals surface area contributed by atoms with Gasteiger partial charge in [-0.3, -0.25) is 14.6 Å². The van der Waals surface area contributed by atoms with E-state index >= 15 is 0 Å². The maximum Gasteiger partial charge on any atom is 0.524 e. The van der Waals surface area contributed by atoms with E-state index in [0.29, 0.717) is 5.56 Å². The fourth-order valence-electron chi connectivity index (χ4n) is 4.18. The van der Waals surface area contributed by atoms with Crippen LogP contribution in [0.3, 0.4) is 0 Å². The first-order chi connectivity index (χ1) is 13.3. The van der Waals surface area contributed by atoms with Gasteiger partial charge in [-0.2, -0.15) is 0 Å². The molecule has 5 nitrogen and oxygen atoms in total. The molecule has 4 rings (SSSR count). The fraction of sp³-hybridized carbons (Fsp3) is 0.136. The van der Waals surface area contributed by atoms with E-state index in [1.54, 1.807) is 6.07 Å². The summed E-state index contributed by atoms with van der Waals surface area (Å²) in [5.41, 5.74) is 1.79. The van der Waals surface area contributed by atoms with Crippen molar-refractivity contribution in [1.29, 1.82) is 0 Å². The molecule has 3 aromatic rings. The predicted molar refractivity (Wildman–Crippen MR) is 106 cm³/mol. The van der Waals surface area contributed by atoms with Gasteiger partial charge in [0.1, 0.15) is 5.75 Å². The van der Waals surface area contributed by atoms with Crippen molar-refractivity contribution in [2.24, 2.45) is 0 Å². The first-order valence-corrected chi connectivity index (χ1v) is 10.4. The third-order valence-electron chi connectivity index (χ3n) is 5.37. The van der Waals surface area contributed by atoms with Crippen LogP contribution >= 0.6 is 7.82 Å². The number of hydrogen-bond acceptors (Lipinski definition) is 3. The molecule has 0 saturated heterocycles. The summed E-state index contributed by atoms with van der Waals surface area (Å²) in [6.45, 7) is 1.88. The van der Waals surface area contributed by atoms with Crippen molar-refractivity contribution in [2.45, 2.75) is 18.3 Å². The average molecular weight is 394 g/mol. The van der Waals surface area contributed by atoms with Crippen molar-refractivity contribution in [3.8, 4) is 5.75 Å². The molecular formula is C22H19O5P. The van der Waals surface area contributed by atoms with Crippen molar-refractivity contribution in [3.63, 3.8) is 0 Å². The zero-order chi connectivity index (χ0) is 19.9. The summed E-state index contributed by atoms with van der Waals surface area (Å²) in [5, 5.41) is 0. The standard InChI is InChI=1S/C22H19O5P/c1-22(16-11-6-3-7-12-16)20(15-9-4-2-5-10-15)17-13-8-14-18(19(17)21(22)23)27-28(24,25)26/h2-14,20H,1H3,(H2,24,25,26). The zero-order valence-electron chi connectivity index (χ0n) is 15.1. The maximum absolute atomic E-state index is 13.7. The zero-order valence-corrected chi connectivity index (χ0v) is 16.0. The molecule has 2 atom stereocenters. The normalized spacial score (nSPS) is 21.4. The highest BCUT2D eigenvalue weighted by Gasteiger charge is 2.52. The third-order valence-corrected chi connectivity index (χ3v) is 5.80. The van der Waals surface area contributed by atoms with Gasteiger partial charge in [-0.1, -0.05) is 72.8 Å². The molecule has 142 valence electrons. The van der Waals surface area contributed by atoms with E-state index in [2.05, 4.69) is 0 Å². The Kier molecular flexibility index (Phi) is 4.47. The highest BCUT2D eigenvalue weighted by atomic mass is 31.2. The molecule has 0 spiro atoms. The van der Waals surface area contributed by atoms with Crippen molar-refractivity contribution in [1.82, 2.24) is 0 Å². The molecule has 3 aromatic carbocycles. The summed E-state index contributed by atoms with van der Waals surface area (Å²) in [6, 6.07) is 24.0. The number of ketones is 1. The van der Waals surface area contributed by atoms with E-state index in [0.717, 1.165) is 11.1 Å². The lowest BCUT2D eigenvalue weighted by molar-refractivity contribution is 0.0904. The Labute approximate surface area is 162 Å². The molecule has 0 bridgehead atoms. The second-order valence-electron chi connectivity index (χ2n) is 7.04. The molecule has 2 N–H and O–H groups in total. The first-order valence-electron chi connectivity index (χ1n) is 8.85. The van der Waals surface area contributed by atoms with Crippen LogP contribution < -0.4 is 4.52 Å². The summed E-state index contributed by atoms with van der Waals surface area (Å²) in [6.07, 6.45) is 0. The van der Waals surface area contributed by atoms with Crippen LogP contribution in [0.5, 0.6) is 5.75 Å². The number of phosphoric ester groups is 1. The lowest BCUT2D eigenvalue weighted by Gasteiger charge is -2.31. The second-order valence-corrected chi connectivity index (χ2v) is 8.21. The number of benzene rings is 3. The van der Waals surface area contributed by atoms with Crippen molar-refractivity contribution in [3.05, 3.63) is 101 Å². The summed E-state index contributed by atoms with van der Waals surface area (Å²) in [7, 11) is -4.80. The van der Waals surface area contributed by atoms with Gasteiger partial charge in [0, 0.05) is 5.92 Å². The maximum atomic E-state index is 13.7. The molecule has 0 fully saturated rings. The van der Waals surface area contributed by atoms with Gasteiger partial charge in [0.05, 0.1) is 11.0 Å². The van der Waals surface area contributed by atoms with Crippen LogP contribution in [-0.4, -0.2) is 15.6 Å². The lowest BCUT2D eigenvalue weighted by Crippen LogP contribution is -2.33. The molecule has 0 amide bonds. The van der Waals surface area contributed by atoms with E-state index in [4.69, 9.17) is 4.52 Å². The van der Waals surface area contributed by atoms with Gasteiger partial charge in [-0.25, -0.2) is 4.57 Å². The van der Waals surface area contributed by atoms with E-state index in [-0.39, 0.29) is 23.0 Å². The molecule has 1 aliphatic rings. The van der Waals surface area contributed by atoms with Crippen LogP contribution in [0.25, 0.3) is 0 Å². The predicted octanol–water partition coefficient (Wildman–Crippen LogP) is 4.44. The molecule has 1 aliphatic carbocycles. The third kappa shape index (κ3) is 2.98. The largest absolute Gasteiger partial charge is 0.524 e. The topological polar surface area (TPSA) is 83.8 Å². The van der Waals surface area contributed by atoms with Crippen LogP contribution in [0.1, 0.15) is 39.9 Å². The highest BCUT2D eigenvalue weighted by Crippen LogP contribution is 2.55. The fourth-order valence-corrected chi connectivity index (χ4v) is 4.59. The van der Waals surface area contributed by atoms with Crippen LogP contribution in [0.2, 0.25) is 0 Å². The Morgan fingerprint density at radius 3 is 2.11 bits per heavy atom. The SMILES string of the molecule is CC1(c2ccccc2)C(=O)c2c(OP(=O)(O)O)cccc2C1c1ccccc1. The van der Waals surface area contributed by atoms with Crippen LogP contribution in [0, 0.1) is 0 Å². The first kappa shape index (κ1) is 18.6. The van der Waals surface area contributed by atoms with E-state index in [9.17, 15) is 19.1 Å². The number of hydrogen-bond donors (Lipinski definition) is 2. The molecular weight excluding hydrogens is 375 g/mol. The van der Waals surface area contributed by atoms with Gasteiger partial charge in [0.2, 0.25) is 0 Å². The molecule has 0 aromatic heterocycles. The minimum absolute atomic E-state index is 0.0866. The Bertz CT molecular complexity index is 1070. The summed E-state index contributed by atoms with van der Waals surface area (Å²) in [4.78, 5) is 32.3. The summed E-state index contributed by atoms with van der Waals surface area (Å²) >= 11 is 0. The monoisotopic (exact) mass is 394 g/mol. The molecule has 6 heteroatoms. The number of Topliss-reactive ketones (excluding diaryl/α,β-unsaturated/α-hetero) is 1. The Hall–Kier alpha value is -2.72. The van der Waals surface area contributed by atoms with Crippen LogP contribution in [-0.2, 0) is 9.98 Å². The molecule has 0 saturated carbocycles. The molecule has 2 unspecified atom stereocenters. The average Bonchev–Trinajstić information content (AvgIpc) is 2.91. The minimum atomic E-state index is -4.80. The number of rotatable bonds is 4. The molecule has 0 aliphatic heterocycles. The Balaban J connectivity index is 1.99. The van der Waals surface area contributed by atoms with Gasteiger partial charge < -0.3 is 4.52 Å². The Morgan fingerprint density at radius 2 is 1.50 bits per heavy atom. The van der Waals surface area contributed by atoms with E-state index in [1.165, 1.54) is 6.07 Å². The van der Waals surface area contributed by atoms with Crippen molar-refractivity contribution < 1.29 is 23.7 Å². The Morgan fingerprint density at radius 1 is 0.893 bits per heavy atom. The molecule has 28 heavy (non-hydrogen) atoms. The number of fused-ring (bicyclic) bond motifs is 1. The van der Waals surface area contributed by atoms with Crippen molar-refractivity contribution >= 4 is 13.6 Å². The van der Waals surface area contributed by atoms with Gasteiger partial charge in [0.15, 0.2) is 5.78 Å². The number of carbonyl (C=O) groups excluding carboxylic acids is 1. The summed E-state index contributed by atoms with van der Waals surface area (Å²) in [5.74, 6) is -0.609. The van der Waals surface area contributed by atoms with Gasteiger partial charge in [0.25, 0.3) is 0 Å². The minimum Gasteiger partial charge on any atom is -0.403 e. The van der Waals surface area contributed by atoms with Crippen LogP contribution in [0.4, 0.5) is 0 Å².